The maximum absolute atomic E-state index is 12.9. The first kappa shape index (κ1) is 25.2. The van der Waals surface area contributed by atoms with Crippen molar-refractivity contribution in [1.82, 2.24) is 10.2 Å². The fourth-order valence-corrected chi connectivity index (χ4v) is 4.32. The lowest BCUT2D eigenvalue weighted by Gasteiger charge is -2.26. The van der Waals surface area contributed by atoms with Gasteiger partial charge in [0.2, 0.25) is 5.91 Å². The second-order valence-electron chi connectivity index (χ2n) is 8.62. The molecule has 2 atom stereocenters. The molecule has 0 saturated carbocycles. The van der Waals surface area contributed by atoms with Gasteiger partial charge in [0.15, 0.2) is 0 Å². The van der Waals surface area contributed by atoms with Crippen LogP contribution in [-0.2, 0) is 19.1 Å². The molecular formula is C26H32N2O6. The number of ether oxygens (including phenoxy) is 2. The highest BCUT2D eigenvalue weighted by molar-refractivity contribution is 5.86. The summed E-state index contributed by atoms with van der Waals surface area (Å²) in [5.74, 6) is -2.15. The van der Waals surface area contributed by atoms with E-state index in [1.165, 1.54) is 18.9 Å². The first-order valence-electron chi connectivity index (χ1n) is 11.4. The number of hydrogen-bond acceptors (Lipinski definition) is 5. The molecule has 8 heteroatoms. The third kappa shape index (κ3) is 5.94. The average Bonchev–Trinajstić information content (AvgIpc) is 3.15. The van der Waals surface area contributed by atoms with E-state index in [0.29, 0.717) is 19.4 Å². The Morgan fingerprint density at radius 2 is 1.65 bits per heavy atom. The van der Waals surface area contributed by atoms with Crippen molar-refractivity contribution in [1.29, 1.82) is 0 Å². The van der Waals surface area contributed by atoms with Crippen LogP contribution in [0.3, 0.4) is 0 Å². The Kier molecular flexibility index (Phi) is 8.65. The number of amides is 2. The van der Waals surface area contributed by atoms with E-state index in [9.17, 15) is 14.4 Å². The number of hydrogen-bond donors (Lipinski definition) is 2. The molecule has 2 aromatic rings. The van der Waals surface area contributed by atoms with E-state index < -0.39 is 24.0 Å². The Bertz CT molecular complexity index is 978. The molecular weight excluding hydrogens is 436 g/mol. The minimum atomic E-state index is -0.986. The third-order valence-corrected chi connectivity index (χ3v) is 6.12. The molecule has 2 unspecified atom stereocenters. The number of benzene rings is 2. The number of carboxylic acid groups (broad SMARTS) is 1. The molecule has 0 bridgehead atoms. The van der Waals surface area contributed by atoms with Gasteiger partial charge in [0, 0.05) is 33.2 Å². The number of methoxy groups -OCH3 is 1. The van der Waals surface area contributed by atoms with Crippen molar-refractivity contribution in [3.8, 4) is 11.1 Å². The maximum atomic E-state index is 12.9. The van der Waals surface area contributed by atoms with E-state index in [1.807, 2.05) is 36.4 Å². The number of carbonyl (C=O) groups excluding carboxylic acids is 2. The van der Waals surface area contributed by atoms with Crippen LogP contribution in [0.5, 0.6) is 0 Å². The van der Waals surface area contributed by atoms with Crippen molar-refractivity contribution >= 4 is 18.0 Å². The Morgan fingerprint density at radius 3 is 2.21 bits per heavy atom. The minimum absolute atomic E-state index is 0.0430. The predicted octanol–water partition coefficient (Wildman–Crippen LogP) is 3.50. The number of carboxylic acids is 1. The van der Waals surface area contributed by atoms with Crippen LogP contribution in [0.4, 0.5) is 4.79 Å². The highest BCUT2D eigenvalue weighted by atomic mass is 16.5. The standard InChI is InChI=1S/C26H32N2O6/c1-17(25(30)31)15-28(2)24(29)23(13-8-14-33-3)27-26(32)34-16-22-20-11-6-4-9-18(20)19-10-5-7-12-21(19)22/h4-7,9-12,17,22-23H,8,13-16H2,1-3H3,(H,27,32)(H,30,31). The van der Waals surface area contributed by atoms with Crippen LogP contribution in [0.15, 0.2) is 48.5 Å². The van der Waals surface area contributed by atoms with Crippen LogP contribution in [0.2, 0.25) is 0 Å². The molecule has 0 radical (unpaired) electrons. The third-order valence-electron chi connectivity index (χ3n) is 6.12. The van der Waals surface area contributed by atoms with Crippen LogP contribution < -0.4 is 5.32 Å². The van der Waals surface area contributed by atoms with Gasteiger partial charge >= 0.3 is 12.1 Å². The van der Waals surface area contributed by atoms with Crippen molar-refractivity contribution in [2.45, 2.75) is 31.7 Å². The van der Waals surface area contributed by atoms with Gasteiger partial charge in [-0.3, -0.25) is 9.59 Å². The molecule has 1 aliphatic carbocycles. The summed E-state index contributed by atoms with van der Waals surface area (Å²) in [5, 5.41) is 11.8. The summed E-state index contributed by atoms with van der Waals surface area (Å²) >= 11 is 0. The zero-order valence-corrected chi connectivity index (χ0v) is 19.8. The number of carbonyl (C=O) groups is 3. The lowest BCUT2D eigenvalue weighted by Crippen LogP contribution is -2.49. The number of fused-ring (bicyclic) bond motifs is 3. The molecule has 1 aliphatic rings. The Balaban J connectivity index is 1.65. The summed E-state index contributed by atoms with van der Waals surface area (Å²) in [7, 11) is 3.10. The number of nitrogens with one attached hydrogen (secondary N) is 1. The smallest absolute Gasteiger partial charge is 0.407 e. The van der Waals surface area contributed by atoms with Crippen molar-refractivity contribution in [3.05, 3.63) is 59.7 Å². The van der Waals surface area contributed by atoms with Gasteiger partial charge in [-0.15, -0.1) is 0 Å². The fourth-order valence-electron chi connectivity index (χ4n) is 4.32. The fraction of sp³-hybridized carbons (Fsp3) is 0.423. The van der Waals surface area contributed by atoms with Gasteiger partial charge in [0.1, 0.15) is 12.6 Å². The van der Waals surface area contributed by atoms with Crippen molar-refractivity contribution in [2.75, 3.05) is 33.9 Å². The molecule has 182 valence electrons. The van der Waals surface area contributed by atoms with Crippen molar-refractivity contribution in [2.24, 2.45) is 5.92 Å². The van der Waals surface area contributed by atoms with E-state index in [4.69, 9.17) is 14.6 Å². The van der Waals surface area contributed by atoms with Crippen LogP contribution in [0.1, 0.15) is 36.8 Å². The summed E-state index contributed by atoms with van der Waals surface area (Å²) in [6, 6.07) is 15.3. The second kappa shape index (κ2) is 11.7. The zero-order chi connectivity index (χ0) is 24.7. The monoisotopic (exact) mass is 468 g/mol. The van der Waals surface area contributed by atoms with Gasteiger partial charge in [0.05, 0.1) is 5.92 Å². The molecule has 0 heterocycles. The van der Waals surface area contributed by atoms with E-state index in [2.05, 4.69) is 17.4 Å². The molecule has 2 amide bonds. The first-order chi connectivity index (χ1) is 16.3. The topological polar surface area (TPSA) is 105 Å². The number of aliphatic carboxylic acids is 1. The van der Waals surface area contributed by atoms with E-state index >= 15 is 0 Å². The lowest BCUT2D eigenvalue weighted by molar-refractivity contribution is -0.143. The summed E-state index contributed by atoms with van der Waals surface area (Å²) in [6.45, 7) is 2.16. The van der Waals surface area contributed by atoms with Gasteiger partial charge < -0.3 is 24.8 Å². The number of alkyl carbamates (subject to hydrolysis) is 1. The van der Waals surface area contributed by atoms with Crippen LogP contribution in [-0.4, -0.2) is 67.9 Å². The number of rotatable bonds is 11. The first-order valence-corrected chi connectivity index (χ1v) is 11.4. The number of nitrogens with zero attached hydrogens (tertiary/aromatic N) is 1. The molecule has 3 rings (SSSR count). The van der Waals surface area contributed by atoms with E-state index in [1.54, 1.807) is 7.11 Å². The minimum Gasteiger partial charge on any atom is -0.481 e. The molecule has 0 fully saturated rings. The Hall–Kier alpha value is -3.39. The molecule has 0 saturated heterocycles. The summed E-state index contributed by atoms with van der Waals surface area (Å²) < 4.78 is 10.6. The molecule has 8 nitrogen and oxygen atoms in total. The molecule has 0 aromatic heterocycles. The second-order valence-corrected chi connectivity index (χ2v) is 8.62. The van der Waals surface area contributed by atoms with Gasteiger partial charge in [-0.25, -0.2) is 4.79 Å². The van der Waals surface area contributed by atoms with Gasteiger partial charge in [0.25, 0.3) is 0 Å². The summed E-state index contributed by atoms with van der Waals surface area (Å²) in [6.07, 6.45) is 0.221. The molecule has 2 aromatic carbocycles. The largest absolute Gasteiger partial charge is 0.481 e. The van der Waals surface area contributed by atoms with E-state index in [-0.39, 0.29) is 25.0 Å². The van der Waals surface area contributed by atoms with Crippen molar-refractivity contribution in [3.63, 3.8) is 0 Å². The maximum Gasteiger partial charge on any atom is 0.407 e. The van der Waals surface area contributed by atoms with Crippen LogP contribution in [0, 0.1) is 5.92 Å². The molecule has 34 heavy (non-hydrogen) atoms. The number of likely N-dealkylation sites (N-methyl/N-ethyl adjacent to an activating group) is 1. The lowest BCUT2D eigenvalue weighted by atomic mass is 9.98. The average molecular weight is 469 g/mol. The normalized spacial score (nSPS) is 14.0. The Morgan fingerprint density at radius 1 is 1.06 bits per heavy atom. The quantitative estimate of drug-likeness (QED) is 0.489. The summed E-state index contributed by atoms with van der Waals surface area (Å²) in [4.78, 5) is 38.1. The van der Waals surface area contributed by atoms with Crippen LogP contribution >= 0.6 is 0 Å². The Labute approximate surface area is 199 Å². The predicted molar refractivity (Wildman–Crippen MR) is 128 cm³/mol. The summed E-state index contributed by atoms with van der Waals surface area (Å²) in [5.41, 5.74) is 4.47. The highest BCUT2D eigenvalue weighted by Crippen LogP contribution is 2.44. The molecule has 0 aliphatic heterocycles. The van der Waals surface area contributed by atoms with Crippen LogP contribution in [0.25, 0.3) is 11.1 Å². The SMILES string of the molecule is COCCCC(NC(=O)OCC1c2ccccc2-c2ccccc21)C(=O)N(C)CC(C)C(=O)O. The van der Waals surface area contributed by atoms with Gasteiger partial charge in [-0.2, -0.15) is 0 Å². The molecule has 2 N–H and O–H groups in total. The van der Waals surface area contributed by atoms with E-state index in [0.717, 1.165) is 22.3 Å². The zero-order valence-electron chi connectivity index (χ0n) is 19.8. The van der Waals surface area contributed by atoms with Gasteiger partial charge in [-0.05, 0) is 35.1 Å². The van der Waals surface area contributed by atoms with Crippen molar-refractivity contribution < 1.29 is 29.0 Å². The highest BCUT2D eigenvalue weighted by Gasteiger charge is 2.30. The molecule has 0 spiro atoms. The van der Waals surface area contributed by atoms with Gasteiger partial charge in [-0.1, -0.05) is 55.5 Å².